The molecule has 0 saturated heterocycles. The number of nitrogens with one attached hydrogen (secondary N) is 1. The van der Waals surface area contributed by atoms with Crippen molar-refractivity contribution in [1.29, 1.82) is 0 Å². The standard InChI is InChI=1S/C16H12ClNO2.C16H14N2O2.C15H12N2O2.C15H13NO.CCl2O.CH4/c2*1-20-15-10-11-6-2-4-8-13(11)18(16(17)19)14-9-5-3-7-12(14)15;16-15(19)17-12-7-3-1-5-10(12)9-14(18)11-6-2-4-8-13(11)17;1-17-15-10-11-6-2-4-8-13(11)16-14-9-5-3-7-12(14)15;2-1(3)4;/h2-10H,1H3;2-10H,1H3,(H2,17,19);1-8H,9H2,(H2,16,19);2-10,16H,1H3;;1H4. The SMILES string of the molecule is C.COC1=Cc2ccccc2N(C(=O)Cl)c2ccccc21.COC1=Cc2ccccc2N(C(N)=O)c2ccccc21.COC1=Cc2ccccc2Nc2ccccc21.NC(=O)N1c2ccccc2CC(=O)c2ccccc21.O=C(Cl)Cl. The van der Waals surface area contributed by atoms with Crippen LogP contribution in [0.2, 0.25) is 0 Å². The Morgan fingerprint density at radius 2 is 0.753 bits per heavy atom. The zero-order valence-electron chi connectivity index (χ0n) is 43.3. The number of halogens is 3. The van der Waals surface area contributed by atoms with E-state index in [1.165, 1.54) is 14.7 Å². The molecule has 8 aromatic carbocycles. The molecule has 4 aliphatic heterocycles. The van der Waals surface area contributed by atoms with Crippen LogP contribution in [-0.4, -0.2) is 49.2 Å². The summed E-state index contributed by atoms with van der Waals surface area (Å²) in [5, 5.41) is 2.89. The van der Waals surface area contributed by atoms with E-state index in [2.05, 4.69) is 58.9 Å². The van der Waals surface area contributed by atoms with Crippen molar-refractivity contribution < 1.29 is 38.2 Å². The van der Waals surface area contributed by atoms with Gasteiger partial charge in [-0.2, -0.15) is 0 Å². The third-order valence-corrected chi connectivity index (χ3v) is 12.9. The number of amides is 5. The van der Waals surface area contributed by atoms with Gasteiger partial charge < -0.3 is 31.0 Å². The van der Waals surface area contributed by atoms with Crippen molar-refractivity contribution in [3.63, 3.8) is 0 Å². The predicted octanol–water partition coefficient (Wildman–Crippen LogP) is 16.8. The van der Waals surface area contributed by atoms with E-state index in [0.717, 1.165) is 73.1 Å². The van der Waals surface area contributed by atoms with Gasteiger partial charge in [-0.05, 0) is 131 Å². The molecular weight excluding hydrogens is 1090 g/mol. The van der Waals surface area contributed by atoms with Crippen molar-refractivity contribution in [3.05, 3.63) is 239 Å². The van der Waals surface area contributed by atoms with Crippen LogP contribution in [0.3, 0.4) is 0 Å². The van der Waals surface area contributed by atoms with Gasteiger partial charge in [0.25, 0.3) is 0 Å². The molecule has 5 amide bonds. The molecule has 8 aromatic rings. The summed E-state index contributed by atoms with van der Waals surface area (Å²) in [4.78, 5) is 61.2. The number of ketones is 1. The Morgan fingerprint density at radius 3 is 1.25 bits per heavy atom. The number of primary amides is 2. The molecule has 14 nitrogen and oxygen atoms in total. The smallest absolute Gasteiger partial charge is 0.325 e. The van der Waals surface area contributed by atoms with E-state index in [-0.39, 0.29) is 19.6 Å². The van der Waals surface area contributed by atoms with Crippen LogP contribution >= 0.6 is 34.8 Å². The van der Waals surface area contributed by atoms with E-state index in [1.54, 1.807) is 51.7 Å². The van der Waals surface area contributed by atoms with Gasteiger partial charge in [0.05, 0.1) is 55.5 Å². The summed E-state index contributed by atoms with van der Waals surface area (Å²) < 4.78 is 15.5. The average molecular weight is 1140 g/mol. The number of hydrogen-bond donors (Lipinski definition) is 3. The molecular formula is C64H55Cl3N6O8. The number of nitrogens with zero attached hydrogens (tertiary/aromatic N) is 3. The zero-order valence-corrected chi connectivity index (χ0v) is 45.6. The first-order chi connectivity index (χ1) is 38.7. The number of para-hydroxylation sites is 8. The van der Waals surface area contributed by atoms with Crippen LogP contribution in [0.25, 0.3) is 35.5 Å². The van der Waals surface area contributed by atoms with E-state index < -0.39 is 22.1 Å². The van der Waals surface area contributed by atoms with Gasteiger partial charge >= 0.3 is 22.1 Å². The van der Waals surface area contributed by atoms with Crippen LogP contribution in [0, 0.1) is 0 Å². The van der Waals surface area contributed by atoms with E-state index in [1.807, 2.05) is 152 Å². The van der Waals surface area contributed by atoms with Crippen LogP contribution in [0.15, 0.2) is 194 Å². The molecule has 0 spiro atoms. The molecule has 81 heavy (non-hydrogen) atoms. The highest BCUT2D eigenvalue weighted by Crippen LogP contribution is 2.42. The Kier molecular flexibility index (Phi) is 19.9. The summed E-state index contributed by atoms with van der Waals surface area (Å²) >= 11 is 14.6. The summed E-state index contributed by atoms with van der Waals surface area (Å²) in [6.45, 7) is 0. The number of urea groups is 2. The summed E-state index contributed by atoms with van der Waals surface area (Å²) in [6.07, 6.45) is 6.16. The number of rotatable bonds is 3. The molecule has 0 atom stereocenters. The molecule has 0 saturated carbocycles. The number of nitrogens with two attached hydrogens (primary N) is 2. The van der Waals surface area contributed by atoms with Gasteiger partial charge in [0.2, 0.25) is 0 Å². The lowest BCUT2D eigenvalue weighted by atomic mass is 10.0. The molecule has 4 aliphatic rings. The van der Waals surface area contributed by atoms with Crippen molar-refractivity contribution in [2.75, 3.05) is 41.3 Å². The monoisotopic (exact) mass is 1140 g/mol. The molecule has 5 N–H and O–H groups in total. The van der Waals surface area contributed by atoms with E-state index >= 15 is 0 Å². The Hall–Kier alpha value is -9.60. The van der Waals surface area contributed by atoms with Crippen molar-refractivity contribution in [1.82, 2.24) is 0 Å². The van der Waals surface area contributed by atoms with Crippen LogP contribution < -0.4 is 31.5 Å². The first-order valence-electron chi connectivity index (χ1n) is 24.6. The van der Waals surface area contributed by atoms with Gasteiger partial charge in [-0.1, -0.05) is 129 Å². The minimum Gasteiger partial charge on any atom is -0.496 e. The molecule has 0 aliphatic carbocycles. The quantitative estimate of drug-likeness (QED) is 0.114. The Morgan fingerprint density at radius 1 is 0.420 bits per heavy atom. The number of hydrogen-bond acceptors (Lipinski definition) is 9. The van der Waals surface area contributed by atoms with Crippen molar-refractivity contribution in [2.24, 2.45) is 11.5 Å². The van der Waals surface area contributed by atoms with E-state index in [0.29, 0.717) is 34.1 Å². The number of Topliss-reactive ketones (excluding diaryl/α,β-unsaturated/α-hetero) is 1. The highest BCUT2D eigenvalue weighted by atomic mass is 35.5. The maximum Gasteiger partial charge on any atom is 0.325 e. The topological polar surface area (TPSA) is 187 Å². The molecule has 12 rings (SSSR count). The highest BCUT2D eigenvalue weighted by molar-refractivity contribution is 6.93. The molecule has 0 unspecified atom stereocenters. The normalized spacial score (nSPS) is 12.5. The Labute approximate surface area is 484 Å². The maximum absolute atomic E-state index is 12.3. The number of carbonyl (C=O) groups excluding carboxylic acids is 5. The molecule has 17 heteroatoms. The first kappa shape index (κ1) is 59.1. The number of fused-ring (bicyclic) bond motifs is 8. The molecule has 0 bridgehead atoms. The van der Waals surface area contributed by atoms with E-state index in [4.69, 9.17) is 42.1 Å². The van der Waals surface area contributed by atoms with Gasteiger partial charge in [0, 0.05) is 56.7 Å². The first-order valence-corrected chi connectivity index (χ1v) is 25.7. The minimum absolute atomic E-state index is 0. The van der Waals surface area contributed by atoms with Crippen LogP contribution in [0.5, 0.6) is 0 Å². The molecule has 410 valence electrons. The van der Waals surface area contributed by atoms with Gasteiger partial charge in [-0.3, -0.25) is 29.1 Å². The Balaban J connectivity index is 0.000000152. The molecule has 0 fully saturated rings. The second-order valence-corrected chi connectivity index (χ2v) is 18.7. The summed E-state index contributed by atoms with van der Waals surface area (Å²) in [7, 11) is 4.94. The third kappa shape index (κ3) is 13.5. The molecule has 4 heterocycles. The lowest BCUT2D eigenvalue weighted by Crippen LogP contribution is -2.32. The lowest BCUT2D eigenvalue weighted by Gasteiger charge is -2.22. The van der Waals surface area contributed by atoms with Crippen molar-refractivity contribution >= 4 is 144 Å². The minimum atomic E-state index is -0.889. The van der Waals surface area contributed by atoms with Crippen LogP contribution in [-0.2, 0) is 20.6 Å². The summed E-state index contributed by atoms with van der Waals surface area (Å²) in [5.41, 5.74) is 24.4. The molecule has 0 aromatic heterocycles. The second-order valence-electron chi connectivity index (χ2n) is 17.5. The number of benzene rings is 8. The summed E-state index contributed by atoms with van der Waals surface area (Å²) in [6, 6.07) is 59.8. The van der Waals surface area contributed by atoms with Gasteiger partial charge in [-0.25, -0.2) is 9.59 Å². The lowest BCUT2D eigenvalue weighted by molar-refractivity contribution is 0.0994. The van der Waals surface area contributed by atoms with E-state index in [9.17, 15) is 19.2 Å². The van der Waals surface area contributed by atoms with Crippen molar-refractivity contribution in [3.8, 4) is 0 Å². The fourth-order valence-electron chi connectivity index (χ4n) is 9.34. The number of anilines is 8. The molecule has 0 radical (unpaired) electrons. The maximum atomic E-state index is 12.3. The second kappa shape index (κ2) is 27.3. The Bertz CT molecular complexity index is 3620. The predicted molar refractivity (Wildman–Crippen MR) is 328 cm³/mol. The van der Waals surface area contributed by atoms with Gasteiger partial charge in [0.1, 0.15) is 17.3 Å². The van der Waals surface area contributed by atoms with Crippen molar-refractivity contribution in [2.45, 2.75) is 13.8 Å². The fourth-order valence-corrected chi connectivity index (χ4v) is 9.52. The number of methoxy groups -OCH3 is 3. The highest BCUT2D eigenvalue weighted by Gasteiger charge is 2.29. The largest absolute Gasteiger partial charge is 0.496 e. The average Bonchev–Trinajstić information content (AvgIpc) is 3.86. The fraction of sp³-hybridized carbons (Fsp3) is 0.0781. The van der Waals surface area contributed by atoms with Gasteiger partial charge in [-0.15, -0.1) is 0 Å². The number of ether oxygens (including phenoxy) is 3. The summed E-state index contributed by atoms with van der Waals surface area (Å²) in [5.74, 6) is 2.29. The number of carbonyl (C=O) groups is 5. The van der Waals surface area contributed by atoms with Crippen LogP contribution in [0.1, 0.15) is 56.7 Å². The third-order valence-electron chi connectivity index (χ3n) is 12.8. The van der Waals surface area contributed by atoms with Gasteiger partial charge in [0.15, 0.2) is 5.78 Å². The zero-order chi connectivity index (χ0) is 56.9. The van der Waals surface area contributed by atoms with Crippen LogP contribution in [0.4, 0.5) is 64.7 Å².